The predicted octanol–water partition coefficient (Wildman–Crippen LogP) is 4.35. The van der Waals surface area contributed by atoms with Crippen molar-refractivity contribution in [3.05, 3.63) is 58.9 Å². The maximum absolute atomic E-state index is 13.4. The van der Waals surface area contributed by atoms with E-state index in [0.717, 1.165) is 4.90 Å². The van der Waals surface area contributed by atoms with E-state index in [9.17, 15) is 4.39 Å². The molecular formula is C13H11ClFNS. The average Bonchev–Trinajstić information content (AvgIpc) is 2.30. The van der Waals surface area contributed by atoms with E-state index in [1.54, 1.807) is 24.3 Å². The monoisotopic (exact) mass is 267 g/mol. The van der Waals surface area contributed by atoms with Gasteiger partial charge in [-0.15, -0.1) is 11.8 Å². The molecule has 0 aliphatic rings. The van der Waals surface area contributed by atoms with E-state index in [2.05, 4.69) is 0 Å². The molecule has 0 aromatic heterocycles. The lowest BCUT2D eigenvalue weighted by Gasteiger charge is -2.06. The van der Waals surface area contributed by atoms with E-state index >= 15 is 0 Å². The van der Waals surface area contributed by atoms with Crippen LogP contribution in [-0.4, -0.2) is 0 Å². The van der Waals surface area contributed by atoms with Gasteiger partial charge in [0, 0.05) is 21.4 Å². The summed E-state index contributed by atoms with van der Waals surface area (Å²) in [7, 11) is 0. The Labute approximate surface area is 109 Å². The Morgan fingerprint density at radius 1 is 1.18 bits per heavy atom. The highest BCUT2D eigenvalue weighted by atomic mass is 35.5. The topological polar surface area (TPSA) is 26.0 Å². The van der Waals surface area contributed by atoms with Crippen molar-refractivity contribution in [3.63, 3.8) is 0 Å². The first-order valence-electron chi connectivity index (χ1n) is 5.08. The Balaban J connectivity index is 2.10. The molecule has 0 spiro atoms. The van der Waals surface area contributed by atoms with Gasteiger partial charge in [-0.1, -0.05) is 29.8 Å². The molecule has 2 N–H and O–H groups in total. The van der Waals surface area contributed by atoms with Crippen LogP contribution >= 0.6 is 23.4 Å². The maximum Gasteiger partial charge on any atom is 0.127 e. The van der Waals surface area contributed by atoms with Crippen LogP contribution < -0.4 is 5.73 Å². The van der Waals surface area contributed by atoms with Crippen molar-refractivity contribution in [3.8, 4) is 0 Å². The summed E-state index contributed by atoms with van der Waals surface area (Å²) in [6, 6.07) is 12.1. The second-order valence-electron chi connectivity index (χ2n) is 3.56. The first-order chi connectivity index (χ1) is 8.16. The van der Waals surface area contributed by atoms with Gasteiger partial charge in [0.1, 0.15) is 5.82 Å². The number of nitrogen functional groups attached to an aromatic ring is 1. The third-order valence-electron chi connectivity index (χ3n) is 2.31. The fourth-order valence-electron chi connectivity index (χ4n) is 1.42. The highest BCUT2D eigenvalue weighted by molar-refractivity contribution is 7.98. The standard InChI is InChI=1S/C13H11ClFNS/c14-10-5-6-13(12(16)7-10)17-8-9-3-1-2-4-11(9)15/h1-7H,8,16H2. The van der Waals surface area contributed by atoms with Gasteiger partial charge in [-0.3, -0.25) is 0 Å². The zero-order valence-corrected chi connectivity index (χ0v) is 10.6. The molecule has 17 heavy (non-hydrogen) atoms. The molecule has 0 saturated heterocycles. The number of hydrogen-bond acceptors (Lipinski definition) is 2. The summed E-state index contributed by atoms with van der Waals surface area (Å²) in [5.41, 5.74) is 7.12. The Morgan fingerprint density at radius 2 is 1.94 bits per heavy atom. The van der Waals surface area contributed by atoms with Gasteiger partial charge in [-0.25, -0.2) is 4.39 Å². The normalized spacial score (nSPS) is 10.5. The molecule has 2 aromatic carbocycles. The Kier molecular flexibility index (Phi) is 3.92. The molecule has 0 aliphatic carbocycles. The van der Waals surface area contributed by atoms with Crippen LogP contribution in [-0.2, 0) is 5.75 Å². The number of benzene rings is 2. The van der Waals surface area contributed by atoms with Gasteiger partial charge in [0.25, 0.3) is 0 Å². The fourth-order valence-corrected chi connectivity index (χ4v) is 2.54. The SMILES string of the molecule is Nc1cc(Cl)ccc1SCc1ccccc1F. The second kappa shape index (κ2) is 5.43. The third-order valence-corrected chi connectivity index (χ3v) is 3.69. The molecule has 0 atom stereocenters. The summed E-state index contributed by atoms with van der Waals surface area (Å²) >= 11 is 7.31. The Hall–Kier alpha value is -1.19. The molecule has 0 saturated carbocycles. The second-order valence-corrected chi connectivity index (χ2v) is 5.02. The minimum atomic E-state index is -0.187. The van der Waals surface area contributed by atoms with Gasteiger partial charge in [0.2, 0.25) is 0 Å². The van der Waals surface area contributed by atoms with Crippen LogP contribution in [0, 0.1) is 5.82 Å². The molecule has 0 bridgehead atoms. The first-order valence-corrected chi connectivity index (χ1v) is 6.44. The maximum atomic E-state index is 13.4. The van der Waals surface area contributed by atoms with E-state index in [-0.39, 0.29) is 5.82 Å². The van der Waals surface area contributed by atoms with E-state index < -0.39 is 0 Å². The number of anilines is 1. The molecule has 0 fully saturated rings. The van der Waals surface area contributed by atoms with Crippen LogP contribution in [0.5, 0.6) is 0 Å². The summed E-state index contributed by atoms with van der Waals surface area (Å²) in [4.78, 5) is 0.914. The molecule has 2 rings (SSSR count). The third kappa shape index (κ3) is 3.14. The highest BCUT2D eigenvalue weighted by Crippen LogP contribution is 2.30. The van der Waals surface area contributed by atoms with Crippen LogP contribution in [0.3, 0.4) is 0 Å². The average molecular weight is 268 g/mol. The fraction of sp³-hybridized carbons (Fsp3) is 0.0769. The van der Waals surface area contributed by atoms with Crippen molar-refractivity contribution in [2.75, 3.05) is 5.73 Å². The lowest BCUT2D eigenvalue weighted by molar-refractivity contribution is 0.617. The molecule has 0 radical (unpaired) electrons. The number of nitrogens with two attached hydrogens (primary N) is 1. The smallest absolute Gasteiger partial charge is 0.127 e. The highest BCUT2D eigenvalue weighted by Gasteiger charge is 2.04. The van der Waals surface area contributed by atoms with Crippen LogP contribution in [0.25, 0.3) is 0 Å². The predicted molar refractivity (Wildman–Crippen MR) is 71.8 cm³/mol. The summed E-state index contributed by atoms with van der Waals surface area (Å²) in [5.74, 6) is 0.367. The van der Waals surface area contributed by atoms with Crippen LogP contribution in [0.1, 0.15) is 5.56 Å². The minimum absolute atomic E-state index is 0.187. The summed E-state index contributed by atoms with van der Waals surface area (Å²) in [5, 5.41) is 0.609. The quantitative estimate of drug-likeness (QED) is 0.661. The van der Waals surface area contributed by atoms with Crippen molar-refractivity contribution in [1.82, 2.24) is 0 Å². The summed E-state index contributed by atoms with van der Waals surface area (Å²) < 4.78 is 13.4. The van der Waals surface area contributed by atoms with Gasteiger partial charge in [-0.2, -0.15) is 0 Å². The Bertz CT molecular complexity index is 531. The number of hydrogen-bond donors (Lipinski definition) is 1. The minimum Gasteiger partial charge on any atom is -0.398 e. The molecule has 0 amide bonds. The first kappa shape index (κ1) is 12.3. The molecule has 4 heteroatoms. The van der Waals surface area contributed by atoms with Crippen molar-refractivity contribution < 1.29 is 4.39 Å². The summed E-state index contributed by atoms with van der Waals surface area (Å²) in [6.07, 6.45) is 0. The zero-order valence-electron chi connectivity index (χ0n) is 8.99. The van der Waals surface area contributed by atoms with E-state index in [0.29, 0.717) is 22.0 Å². The molecule has 88 valence electrons. The molecule has 1 nitrogen and oxygen atoms in total. The van der Waals surface area contributed by atoms with Crippen LogP contribution in [0.15, 0.2) is 47.4 Å². The number of thioether (sulfide) groups is 1. The van der Waals surface area contributed by atoms with Gasteiger partial charge in [-0.05, 0) is 29.8 Å². The number of rotatable bonds is 3. The van der Waals surface area contributed by atoms with Crippen molar-refractivity contribution in [2.45, 2.75) is 10.6 Å². The van der Waals surface area contributed by atoms with Crippen molar-refractivity contribution in [1.29, 1.82) is 0 Å². The van der Waals surface area contributed by atoms with Gasteiger partial charge >= 0.3 is 0 Å². The van der Waals surface area contributed by atoms with Crippen LogP contribution in [0.4, 0.5) is 10.1 Å². The number of halogens is 2. The van der Waals surface area contributed by atoms with E-state index in [4.69, 9.17) is 17.3 Å². The zero-order chi connectivity index (χ0) is 12.3. The van der Waals surface area contributed by atoms with Gasteiger partial charge < -0.3 is 5.73 Å². The molecular weight excluding hydrogens is 257 g/mol. The van der Waals surface area contributed by atoms with Crippen molar-refractivity contribution >= 4 is 29.1 Å². The lowest BCUT2D eigenvalue weighted by Crippen LogP contribution is -1.90. The van der Waals surface area contributed by atoms with Gasteiger partial charge in [0.05, 0.1) is 0 Å². The van der Waals surface area contributed by atoms with Crippen molar-refractivity contribution in [2.24, 2.45) is 0 Å². The van der Waals surface area contributed by atoms with E-state index in [1.807, 2.05) is 12.1 Å². The molecule has 0 unspecified atom stereocenters. The molecule has 0 aliphatic heterocycles. The lowest BCUT2D eigenvalue weighted by atomic mass is 10.2. The largest absolute Gasteiger partial charge is 0.398 e. The van der Waals surface area contributed by atoms with E-state index in [1.165, 1.54) is 17.8 Å². The summed E-state index contributed by atoms with van der Waals surface area (Å²) in [6.45, 7) is 0. The van der Waals surface area contributed by atoms with Crippen LogP contribution in [0.2, 0.25) is 5.02 Å². The molecule has 0 heterocycles. The Morgan fingerprint density at radius 3 is 2.65 bits per heavy atom. The van der Waals surface area contributed by atoms with Gasteiger partial charge in [0.15, 0.2) is 0 Å². The molecule has 2 aromatic rings.